The number of nitrogens with zero attached hydrogens (tertiary/aromatic N) is 1. The predicted molar refractivity (Wildman–Crippen MR) is 150 cm³/mol. The van der Waals surface area contributed by atoms with Crippen molar-refractivity contribution in [2.24, 2.45) is 0 Å². The Morgan fingerprint density at radius 3 is 1.64 bits per heavy atom. The monoisotopic (exact) mass is 467 g/mol. The molecule has 0 aliphatic rings. The second kappa shape index (κ2) is 8.79. The van der Waals surface area contributed by atoms with Crippen molar-refractivity contribution in [2.75, 3.05) is 4.90 Å². The van der Waals surface area contributed by atoms with Crippen molar-refractivity contribution in [3.63, 3.8) is 0 Å². The van der Waals surface area contributed by atoms with Crippen LogP contribution in [0.5, 0.6) is 11.5 Å². The molecular weight excluding hydrogens is 442 g/mol. The largest absolute Gasteiger partial charge is 0.508 e. The second-order valence-corrected chi connectivity index (χ2v) is 9.06. The molecule has 3 nitrogen and oxygen atoms in total. The number of hydrogen-bond donors (Lipinski definition) is 2. The van der Waals surface area contributed by atoms with Gasteiger partial charge in [0.15, 0.2) is 0 Å². The van der Waals surface area contributed by atoms with Gasteiger partial charge >= 0.3 is 0 Å². The van der Waals surface area contributed by atoms with Crippen molar-refractivity contribution in [1.29, 1.82) is 0 Å². The summed E-state index contributed by atoms with van der Waals surface area (Å²) in [6.45, 7) is 2.15. The zero-order valence-electron chi connectivity index (χ0n) is 19.9. The first kappa shape index (κ1) is 21.8. The Morgan fingerprint density at radius 2 is 1.00 bits per heavy atom. The molecule has 0 saturated carbocycles. The fourth-order valence-electron chi connectivity index (χ4n) is 4.97. The standard InChI is InChI=1S/C33H25NO2/c1-22-10-11-26(34(24-12-16-27(35)17-13-24)25-14-18-28(36)19-15-25)21-32(22)33-20-23-6-2-3-7-29(23)30-8-4-5-9-31(30)33/h2-21,35-36H,1H3. The van der Waals surface area contributed by atoms with Crippen LogP contribution in [-0.4, -0.2) is 10.2 Å². The highest BCUT2D eigenvalue weighted by Crippen LogP contribution is 2.41. The van der Waals surface area contributed by atoms with E-state index in [1.54, 1.807) is 24.3 Å². The van der Waals surface area contributed by atoms with Crippen LogP contribution in [0, 0.1) is 6.92 Å². The average Bonchev–Trinajstić information content (AvgIpc) is 2.91. The third-order valence-corrected chi connectivity index (χ3v) is 6.75. The van der Waals surface area contributed by atoms with E-state index in [1.165, 1.54) is 32.7 Å². The fourth-order valence-corrected chi connectivity index (χ4v) is 4.97. The van der Waals surface area contributed by atoms with Crippen molar-refractivity contribution >= 4 is 38.6 Å². The Kier molecular flexibility index (Phi) is 5.31. The first-order chi connectivity index (χ1) is 17.6. The maximum absolute atomic E-state index is 9.88. The van der Waals surface area contributed by atoms with Gasteiger partial charge in [0.1, 0.15) is 11.5 Å². The first-order valence-electron chi connectivity index (χ1n) is 12.0. The zero-order valence-corrected chi connectivity index (χ0v) is 19.9. The van der Waals surface area contributed by atoms with Crippen LogP contribution in [0.1, 0.15) is 5.56 Å². The quantitative estimate of drug-likeness (QED) is 0.255. The molecule has 6 aromatic carbocycles. The van der Waals surface area contributed by atoms with Gasteiger partial charge in [0.2, 0.25) is 0 Å². The fraction of sp³-hybridized carbons (Fsp3) is 0.0303. The lowest BCUT2D eigenvalue weighted by Crippen LogP contribution is -2.10. The highest BCUT2D eigenvalue weighted by molar-refractivity contribution is 6.14. The molecule has 0 radical (unpaired) electrons. The van der Waals surface area contributed by atoms with Gasteiger partial charge in [-0.15, -0.1) is 0 Å². The smallest absolute Gasteiger partial charge is 0.115 e. The minimum Gasteiger partial charge on any atom is -0.508 e. The third-order valence-electron chi connectivity index (χ3n) is 6.75. The van der Waals surface area contributed by atoms with E-state index in [2.05, 4.69) is 84.6 Å². The van der Waals surface area contributed by atoms with Gasteiger partial charge in [0.25, 0.3) is 0 Å². The summed E-state index contributed by atoms with van der Waals surface area (Å²) in [7, 11) is 0. The van der Waals surface area contributed by atoms with Crippen LogP contribution in [0.4, 0.5) is 17.1 Å². The maximum atomic E-state index is 9.88. The lowest BCUT2D eigenvalue weighted by molar-refractivity contribution is 0.475. The number of fused-ring (bicyclic) bond motifs is 3. The number of rotatable bonds is 4. The van der Waals surface area contributed by atoms with Gasteiger partial charge in [0.05, 0.1) is 0 Å². The highest BCUT2D eigenvalue weighted by atomic mass is 16.3. The number of anilines is 3. The molecular formula is C33H25NO2. The van der Waals surface area contributed by atoms with Crippen LogP contribution < -0.4 is 4.90 Å². The van der Waals surface area contributed by atoms with Crippen molar-refractivity contribution in [3.8, 4) is 22.6 Å². The molecule has 6 aromatic rings. The molecule has 0 fully saturated rings. The summed E-state index contributed by atoms with van der Waals surface area (Å²) in [6.07, 6.45) is 0. The van der Waals surface area contributed by atoms with E-state index in [0.717, 1.165) is 22.6 Å². The van der Waals surface area contributed by atoms with Crippen molar-refractivity contribution < 1.29 is 10.2 Å². The first-order valence-corrected chi connectivity index (χ1v) is 12.0. The molecule has 0 aromatic heterocycles. The minimum atomic E-state index is 0.219. The van der Waals surface area contributed by atoms with Gasteiger partial charge < -0.3 is 15.1 Å². The average molecular weight is 468 g/mol. The van der Waals surface area contributed by atoms with Gasteiger partial charge in [-0.2, -0.15) is 0 Å². The number of aromatic hydroxyl groups is 2. The SMILES string of the molecule is Cc1ccc(N(c2ccc(O)cc2)c2ccc(O)cc2)cc1-c1cc2ccccc2c2ccccc12. The van der Waals surface area contributed by atoms with Gasteiger partial charge in [-0.3, -0.25) is 0 Å². The number of benzene rings is 6. The van der Waals surface area contributed by atoms with E-state index < -0.39 is 0 Å². The molecule has 0 aliphatic heterocycles. The number of phenols is 2. The zero-order chi connectivity index (χ0) is 24.6. The van der Waals surface area contributed by atoms with E-state index in [4.69, 9.17) is 0 Å². The molecule has 0 heterocycles. The molecule has 0 spiro atoms. The summed E-state index contributed by atoms with van der Waals surface area (Å²) in [5, 5.41) is 24.7. The van der Waals surface area contributed by atoms with Crippen LogP contribution in [-0.2, 0) is 0 Å². The maximum Gasteiger partial charge on any atom is 0.115 e. The molecule has 174 valence electrons. The summed E-state index contributed by atoms with van der Waals surface area (Å²) in [4.78, 5) is 2.13. The molecule has 0 atom stereocenters. The van der Waals surface area contributed by atoms with Gasteiger partial charge in [-0.05, 0) is 112 Å². The van der Waals surface area contributed by atoms with E-state index in [0.29, 0.717) is 0 Å². The molecule has 0 saturated heterocycles. The van der Waals surface area contributed by atoms with Gasteiger partial charge in [-0.25, -0.2) is 0 Å². The van der Waals surface area contributed by atoms with Crippen molar-refractivity contribution in [2.45, 2.75) is 6.92 Å². The normalized spacial score (nSPS) is 11.1. The van der Waals surface area contributed by atoms with Crippen molar-refractivity contribution in [1.82, 2.24) is 0 Å². The van der Waals surface area contributed by atoms with Crippen LogP contribution in [0.25, 0.3) is 32.7 Å². The topological polar surface area (TPSA) is 43.7 Å². The van der Waals surface area contributed by atoms with Crippen LogP contribution in [0.3, 0.4) is 0 Å². The minimum absolute atomic E-state index is 0.219. The lowest BCUT2D eigenvalue weighted by atomic mass is 9.91. The number of aryl methyl sites for hydroxylation is 1. The summed E-state index contributed by atoms with van der Waals surface area (Å²) >= 11 is 0. The lowest BCUT2D eigenvalue weighted by Gasteiger charge is -2.26. The molecule has 2 N–H and O–H groups in total. The van der Waals surface area contributed by atoms with Gasteiger partial charge in [0, 0.05) is 17.1 Å². The summed E-state index contributed by atoms with van der Waals surface area (Å²) in [5.41, 5.74) is 6.37. The summed E-state index contributed by atoms with van der Waals surface area (Å²) < 4.78 is 0. The molecule has 0 amide bonds. The third kappa shape index (κ3) is 3.81. The van der Waals surface area contributed by atoms with E-state index >= 15 is 0 Å². The Hall–Kier alpha value is -4.76. The number of hydrogen-bond acceptors (Lipinski definition) is 3. The Labute approximate surface area is 210 Å². The van der Waals surface area contributed by atoms with Gasteiger partial charge in [-0.1, -0.05) is 54.6 Å². The Morgan fingerprint density at radius 1 is 0.472 bits per heavy atom. The Balaban J connectivity index is 1.59. The highest BCUT2D eigenvalue weighted by Gasteiger charge is 2.16. The second-order valence-electron chi connectivity index (χ2n) is 9.06. The Bertz CT molecular complexity index is 1660. The number of phenolic OH excluding ortho intramolecular Hbond substituents is 2. The van der Waals surface area contributed by atoms with Crippen molar-refractivity contribution in [3.05, 3.63) is 127 Å². The summed E-state index contributed by atoms with van der Waals surface area (Å²) in [6, 6.07) is 40.2. The molecule has 0 bridgehead atoms. The molecule has 3 heteroatoms. The molecule has 0 aliphatic carbocycles. The van der Waals surface area contributed by atoms with Crippen LogP contribution >= 0.6 is 0 Å². The van der Waals surface area contributed by atoms with Crippen LogP contribution in [0.2, 0.25) is 0 Å². The summed E-state index contributed by atoms with van der Waals surface area (Å²) in [5.74, 6) is 0.438. The van der Waals surface area contributed by atoms with Crippen LogP contribution in [0.15, 0.2) is 121 Å². The molecule has 6 rings (SSSR count). The van der Waals surface area contributed by atoms with E-state index in [1.807, 2.05) is 24.3 Å². The van der Waals surface area contributed by atoms with E-state index in [9.17, 15) is 10.2 Å². The van der Waals surface area contributed by atoms with E-state index in [-0.39, 0.29) is 11.5 Å². The molecule has 36 heavy (non-hydrogen) atoms. The molecule has 0 unspecified atom stereocenters. The predicted octanol–water partition coefficient (Wildman–Crippen LogP) is 8.85.